The predicted octanol–water partition coefficient (Wildman–Crippen LogP) is 2.64. The summed E-state index contributed by atoms with van der Waals surface area (Å²) in [6, 6.07) is 2.08. The van der Waals surface area contributed by atoms with Crippen molar-refractivity contribution in [3.05, 3.63) is 22.4 Å². The van der Waals surface area contributed by atoms with Gasteiger partial charge in [0.05, 0.1) is 6.54 Å². The van der Waals surface area contributed by atoms with Gasteiger partial charge in [0.25, 0.3) is 0 Å². The number of thiophene rings is 1. The van der Waals surface area contributed by atoms with Crippen LogP contribution in [-0.2, 0) is 11.2 Å². The van der Waals surface area contributed by atoms with Gasteiger partial charge in [-0.15, -0.1) is 0 Å². The minimum Gasteiger partial charge on any atom is -0.305 e. The summed E-state index contributed by atoms with van der Waals surface area (Å²) in [5, 5.41) is 7.36. The Morgan fingerprint density at radius 3 is 2.73 bits per heavy atom. The van der Waals surface area contributed by atoms with E-state index in [1.54, 1.807) is 11.3 Å². The number of carbonyl (C=O) groups is 1. The van der Waals surface area contributed by atoms with Gasteiger partial charge in [-0.25, -0.2) is 0 Å². The Balaban J connectivity index is 2.20. The molecule has 0 radical (unpaired) electrons. The molecule has 1 N–H and O–H groups in total. The Labute approximate surface area is 95.7 Å². The van der Waals surface area contributed by atoms with Gasteiger partial charge in [0.15, 0.2) is 0 Å². The Morgan fingerprint density at radius 1 is 1.47 bits per heavy atom. The molecule has 0 atom stereocenters. The number of hydrogen-bond acceptors (Lipinski definition) is 3. The molecule has 3 heteroatoms. The maximum absolute atomic E-state index is 11.5. The molecule has 0 bridgehead atoms. The van der Waals surface area contributed by atoms with Gasteiger partial charge >= 0.3 is 0 Å². The van der Waals surface area contributed by atoms with Crippen LogP contribution in [0.3, 0.4) is 0 Å². The molecule has 0 amide bonds. The molecule has 0 aliphatic heterocycles. The third kappa shape index (κ3) is 5.70. The molecule has 0 fully saturated rings. The monoisotopic (exact) mass is 225 g/mol. The summed E-state index contributed by atoms with van der Waals surface area (Å²) < 4.78 is 0. The molecule has 84 valence electrons. The molecular weight excluding hydrogens is 206 g/mol. The van der Waals surface area contributed by atoms with Crippen molar-refractivity contribution >= 4 is 17.1 Å². The van der Waals surface area contributed by atoms with E-state index in [0.29, 0.717) is 13.0 Å². The van der Waals surface area contributed by atoms with Crippen LogP contribution in [0.15, 0.2) is 16.8 Å². The Kier molecular flexibility index (Phi) is 4.48. The smallest absolute Gasteiger partial charge is 0.146 e. The Bertz CT molecular complexity index is 298. The predicted molar refractivity (Wildman–Crippen MR) is 65.4 cm³/mol. The fourth-order valence-corrected chi connectivity index (χ4v) is 1.87. The number of hydrogen-bond donors (Lipinski definition) is 1. The van der Waals surface area contributed by atoms with Crippen molar-refractivity contribution < 1.29 is 4.79 Å². The quantitative estimate of drug-likeness (QED) is 0.834. The second kappa shape index (κ2) is 5.42. The van der Waals surface area contributed by atoms with Crippen molar-refractivity contribution in [3.63, 3.8) is 0 Å². The summed E-state index contributed by atoms with van der Waals surface area (Å²) in [5.41, 5.74) is 1.29. The van der Waals surface area contributed by atoms with Crippen LogP contribution in [0.1, 0.15) is 32.8 Å². The highest BCUT2D eigenvalue weighted by molar-refractivity contribution is 7.07. The molecule has 0 aromatic carbocycles. The fourth-order valence-electron chi connectivity index (χ4n) is 1.17. The van der Waals surface area contributed by atoms with Crippen LogP contribution in [-0.4, -0.2) is 17.9 Å². The summed E-state index contributed by atoms with van der Waals surface area (Å²) in [5.74, 6) is 0.288. The molecule has 1 aromatic heterocycles. The van der Waals surface area contributed by atoms with Crippen LogP contribution in [0.4, 0.5) is 0 Å². The zero-order valence-electron chi connectivity index (χ0n) is 9.67. The first-order valence-corrected chi connectivity index (χ1v) is 6.19. The minimum atomic E-state index is 0.0258. The second-order valence-corrected chi connectivity index (χ2v) is 5.55. The molecule has 2 nitrogen and oxygen atoms in total. The highest BCUT2D eigenvalue weighted by atomic mass is 32.1. The van der Waals surface area contributed by atoms with Gasteiger partial charge < -0.3 is 5.32 Å². The molecular formula is C12H19NOS. The lowest BCUT2D eigenvalue weighted by molar-refractivity contribution is -0.118. The van der Waals surface area contributed by atoms with Crippen LogP contribution < -0.4 is 5.32 Å². The lowest BCUT2D eigenvalue weighted by Crippen LogP contribution is -2.39. The topological polar surface area (TPSA) is 29.1 Å². The number of carbonyl (C=O) groups excluding carboxylic acids is 1. The summed E-state index contributed by atoms with van der Waals surface area (Å²) in [4.78, 5) is 11.5. The molecule has 0 aliphatic rings. The van der Waals surface area contributed by atoms with E-state index in [9.17, 15) is 4.79 Å². The average molecular weight is 225 g/mol. The van der Waals surface area contributed by atoms with Gasteiger partial charge in [0, 0.05) is 12.0 Å². The van der Waals surface area contributed by atoms with Crippen molar-refractivity contribution in [2.75, 3.05) is 6.54 Å². The number of nitrogens with one attached hydrogen (secondary N) is 1. The molecule has 0 saturated heterocycles. The van der Waals surface area contributed by atoms with Gasteiger partial charge in [-0.05, 0) is 49.6 Å². The molecule has 0 unspecified atom stereocenters. The number of ketones is 1. The fraction of sp³-hybridized carbons (Fsp3) is 0.583. The van der Waals surface area contributed by atoms with Crippen LogP contribution >= 0.6 is 11.3 Å². The molecule has 0 aliphatic carbocycles. The second-order valence-electron chi connectivity index (χ2n) is 4.77. The molecule has 1 heterocycles. The van der Waals surface area contributed by atoms with E-state index < -0.39 is 0 Å². The van der Waals surface area contributed by atoms with E-state index in [-0.39, 0.29) is 11.3 Å². The maximum Gasteiger partial charge on any atom is 0.146 e. The largest absolute Gasteiger partial charge is 0.305 e. The van der Waals surface area contributed by atoms with E-state index in [1.165, 1.54) is 5.56 Å². The van der Waals surface area contributed by atoms with E-state index >= 15 is 0 Å². The van der Waals surface area contributed by atoms with Crippen molar-refractivity contribution in [2.24, 2.45) is 0 Å². The van der Waals surface area contributed by atoms with Crippen molar-refractivity contribution in [1.82, 2.24) is 5.32 Å². The van der Waals surface area contributed by atoms with Crippen LogP contribution in [0, 0.1) is 0 Å². The summed E-state index contributed by atoms with van der Waals surface area (Å²) in [7, 11) is 0. The highest BCUT2D eigenvalue weighted by Crippen LogP contribution is 2.08. The number of Topliss-reactive ketones (excluding diaryl/α,β-unsaturated/α-hetero) is 1. The molecule has 0 spiro atoms. The first-order chi connectivity index (χ1) is 6.97. The highest BCUT2D eigenvalue weighted by Gasteiger charge is 2.11. The molecule has 1 aromatic rings. The maximum atomic E-state index is 11.5. The van der Waals surface area contributed by atoms with Gasteiger partial charge in [-0.3, -0.25) is 4.79 Å². The van der Waals surface area contributed by atoms with Crippen molar-refractivity contribution in [3.8, 4) is 0 Å². The van der Waals surface area contributed by atoms with Gasteiger partial charge in [-0.2, -0.15) is 11.3 Å². The average Bonchev–Trinajstić information content (AvgIpc) is 2.62. The van der Waals surface area contributed by atoms with Crippen LogP contribution in [0.5, 0.6) is 0 Å². The van der Waals surface area contributed by atoms with E-state index in [2.05, 4.69) is 37.5 Å². The Hall–Kier alpha value is -0.670. The van der Waals surface area contributed by atoms with E-state index in [0.717, 1.165) is 6.42 Å². The van der Waals surface area contributed by atoms with Crippen LogP contribution in [0.25, 0.3) is 0 Å². The van der Waals surface area contributed by atoms with Crippen molar-refractivity contribution in [2.45, 2.75) is 39.2 Å². The van der Waals surface area contributed by atoms with Gasteiger partial charge in [-0.1, -0.05) is 0 Å². The normalized spacial score (nSPS) is 11.7. The third-order valence-electron chi connectivity index (χ3n) is 2.09. The standard InChI is InChI=1S/C12H19NOS/c1-12(2,3)13-8-11(14)5-4-10-6-7-15-9-10/h6-7,9,13H,4-5,8H2,1-3H3. The minimum absolute atomic E-state index is 0.0258. The third-order valence-corrected chi connectivity index (χ3v) is 2.82. The number of aryl methyl sites for hydroxylation is 1. The zero-order valence-corrected chi connectivity index (χ0v) is 10.5. The van der Waals surface area contributed by atoms with Crippen LogP contribution in [0.2, 0.25) is 0 Å². The van der Waals surface area contributed by atoms with Crippen molar-refractivity contribution in [1.29, 1.82) is 0 Å². The number of rotatable bonds is 5. The molecule has 0 saturated carbocycles. The van der Waals surface area contributed by atoms with E-state index in [4.69, 9.17) is 0 Å². The summed E-state index contributed by atoms with van der Waals surface area (Å²) in [6.07, 6.45) is 1.51. The first kappa shape index (κ1) is 12.4. The SMILES string of the molecule is CC(C)(C)NCC(=O)CCc1ccsc1. The first-order valence-electron chi connectivity index (χ1n) is 5.25. The molecule has 15 heavy (non-hydrogen) atoms. The lowest BCUT2D eigenvalue weighted by Gasteiger charge is -2.19. The van der Waals surface area contributed by atoms with E-state index in [1.807, 2.05) is 5.38 Å². The lowest BCUT2D eigenvalue weighted by atomic mass is 10.1. The summed E-state index contributed by atoms with van der Waals surface area (Å²) >= 11 is 1.68. The zero-order chi connectivity index (χ0) is 11.3. The molecule has 1 rings (SSSR count). The van der Waals surface area contributed by atoms with Gasteiger partial charge in [0.1, 0.15) is 5.78 Å². The van der Waals surface area contributed by atoms with Gasteiger partial charge in [0.2, 0.25) is 0 Å². The summed E-state index contributed by atoms with van der Waals surface area (Å²) in [6.45, 7) is 6.69. The Morgan fingerprint density at radius 2 is 2.20 bits per heavy atom.